The third kappa shape index (κ3) is 3.35. The molecule has 19 heavy (non-hydrogen) atoms. The lowest BCUT2D eigenvalue weighted by atomic mass is 9.93. The van der Waals surface area contributed by atoms with Gasteiger partial charge in [0, 0.05) is 13.1 Å². The molecule has 1 heterocycles. The lowest BCUT2D eigenvalue weighted by Gasteiger charge is -2.23. The van der Waals surface area contributed by atoms with Crippen molar-refractivity contribution in [3.63, 3.8) is 0 Å². The predicted molar refractivity (Wildman–Crippen MR) is 77.8 cm³/mol. The highest BCUT2D eigenvalue weighted by molar-refractivity contribution is 5.84. The quantitative estimate of drug-likeness (QED) is 0.883. The van der Waals surface area contributed by atoms with Crippen LogP contribution in [0.5, 0.6) is 0 Å². The van der Waals surface area contributed by atoms with Gasteiger partial charge in [-0.15, -0.1) is 0 Å². The van der Waals surface area contributed by atoms with Crippen molar-refractivity contribution in [3.8, 4) is 0 Å². The van der Waals surface area contributed by atoms with Gasteiger partial charge in [-0.05, 0) is 30.9 Å². The molecule has 1 fully saturated rings. The molecule has 3 heteroatoms. The van der Waals surface area contributed by atoms with E-state index in [1.807, 2.05) is 23.1 Å². The first-order valence-corrected chi connectivity index (χ1v) is 7.30. The smallest absolute Gasteiger partial charge is 0.230 e. The predicted octanol–water partition coefficient (Wildman–Crippen LogP) is 2.38. The summed E-state index contributed by atoms with van der Waals surface area (Å²) in [5.74, 6) is 0.786. The SMILES string of the molecule is CCCC(C(=O)N1CCC(CN)C1)c1ccccc1. The molecule has 0 aliphatic carbocycles. The van der Waals surface area contributed by atoms with Gasteiger partial charge in [0.1, 0.15) is 0 Å². The van der Waals surface area contributed by atoms with Crippen LogP contribution in [0.4, 0.5) is 0 Å². The number of carbonyl (C=O) groups is 1. The number of hydrogen-bond donors (Lipinski definition) is 1. The molecule has 1 saturated heterocycles. The molecule has 1 amide bonds. The maximum atomic E-state index is 12.7. The summed E-state index contributed by atoms with van der Waals surface area (Å²) in [5.41, 5.74) is 6.85. The van der Waals surface area contributed by atoms with Crippen LogP contribution in [0.25, 0.3) is 0 Å². The summed E-state index contributed by atoms with van der Waals surface area (Å²) in [6.07, 6.45) is 3.00. The van der Waals surface area contributed by atoms with Crippen molar-refractivity contribution in [2.45, 2.75) is 32.1 Å². The Hall–Kier alpha value is -1.35. The van der Waals surface area contributed by atoms with Crippen molar-refractivity contribution >= 4 is 5.91 Å². The zero-order valence-corrected chi connectivity index (χ0v) is 11.7. The molecule has 1 aliphatic rings. The second-order valence-electron chi connectivity index (χ2n) is 5.43. The van der Waals surface area contributed by atoms with Gasteiger partial charge in [-0.3, -0.25) is 4.79 Å². The van der Waals surface area contributed by atoms with E-state index in [0.29, 0.717) is 12.5 Å². The third-order valence-corrected chi connectivity index (χ3v) is 4.01. The minimum Gasteiger partial charge on any atom is -0.342 e. The van der Waals surface area contributed by atoms with Gasteiger partial charge in [0.05, 0.1) is 5.92 Å². The lowest BCUT2D eigenvalue weighted by molar-refractivity contribution is -0.132. The van der Waals surface area contributed by atoms with E-state index in [1.165, 1.54) is 0 Å². The summed E-state index contributed by atoms with van der Waals surface area (Å²) in [4.78, 5) is 14.7. The summed E-state index contributed by atoms with van der Waals surface area (Å²) < 4.78 is 0. The minimum absolute atomic E-state index is 0.0164. The highest BCUT2D eigenvalue weighted by Crippen LogP contribution is 2.26. The molecule has 2 unspecified atom stereocenters. The number of hydrogen-bond acceptors (Lipinski definition) is 2. The van der Waals surface area contributed by atoms with Crippen molar-refractivity contribution in [2.24, 2.45) is 11.7 Å². The number of nitrogens with zero attached hydrogens (tertiary/aromatic N) is 1. The standard InChI is InChI=1S/C16H24N2O/c1-2-6-15(14-7-4-3-5-8-14)16(19)18-10-9-13(11-17)12-18/h3-5,7-8,13,15H,2,6,9-12,17H2,1H3. The van der Waals surface area contributed by atoms with Crippen molar-refractivity contribution in [1.29, 1.82) is 0 Å². The molecular weight excluding hydrogens is 236 g/mol. The maximum absolute atomic E-state index is 12.7. The molecule has 0 saturated carbocycles. The van der Waals surface area contributed by atoms with Gasteiger partial charge >= 0.3 is 0 Å². The fourth-order valence-electron chi connectivity index (χ4n) is 2.85. The number of nitrogens with two attached hydrogens (primary N) is 1. The number of amides is 1. The zero-order chi connectivity index (χ0) is 13.7. The summed E-state index contributed by atoms with van der Waals surface area (Å²) in [6, 6.07) is 10.1. The molecule has 2 rings (SSSR count). The molecule has 1 aliphatic heterocycles. The van der Waals surface area contributed by atoms with Crippen LogP contribution in [-0.4, -0.2) is 30.4 Å². The van der Waals surface area contributed by atoms with Crippen molar-refractivity contribution < 1.29 is 4.79 Å². The molecule has 0 aromatic heterocycles. The summed E-state index contributed by atoms with van der Waals surface area (Å²) in [7, 11) is 0. The first-order chi connectivity index (χ1) is 9.26. The van der Waals surface area contributed by atoms with Crippen LogP contribution in [0.1, 0.15) is 37.7 Å². The monoisotopic (exact) mass is 260 g/mol. The largest absolute Gasteiger partial charge is 0.342 e. The van der Waals surface area contributed by atoms with E-state index in [2.05, 4.69) is 19.1 Å². The first-order valence-electron chi connectivity index (χ1n) is 7.30. The van der Waals surface area contributed by atoms with Crippen LogP contribution < -0.4 is 5.73 Å². The van der Waals surface area contributed by atoms with Gasteiger partial charge in [-0.2, -0.15) is 0 Å². The van der Waals surface area contributed by atoms with Gasteiger partial charge < -0.3 is 10.6 Å². The Labute approximate surface area is 115 Å². The van der Waals surface area contributed by atoms with Crippen LogP contribution >= 0.6 is 0 Å². The number of likely N-dealkylation sites (tertiary alicyclic amines) is 1. The molecule has 3 nitrogen and oxygen atoms in total. The Kier molecular flexibility index (Phi) is 4.97. The van der Waals surface area contributed by atoms with Gasteiger partial charge in [0.15, 0.2) is 0 Å². The average molecular weight is 260 g/mol. The Bertz CT molecular complexity index is 404. The number of benzene rings is 1. The number of carbonyl (C=O) groups excluding carboxylic acids is 1. The fourth-order valence-corrected chi connectivity index (χ4v) is 2.85. The van der Waals surface area contributed by atoms with Crippen molar-refractivity contribution in [1.82, 2.24) is 4.90 Å². The van der Waals surface area contributed by atoms with E-state index in [-0.39, 0.29) is 11.8 Å². The molecule has 2 atom stereocenters. The van der Waals surface area contributed by atoms with Crippen LogP contribution in [0.2, 0.25) is 0 Å². The topological polar surface area (TPSA) is 46.3 Å². The lowest BCUT2D eigenvalue weighted by Crippen LogP contribution is -2.34. The molecule has 1 aromatic rings. The molecule has 0 bridgehead atoms. The third-order valence-electron chi connectivity index (χ3n) is 4.01. The molecule has 2 N–H and O–H groups in total. The molecule has 0 radical (unpaired) electrons. The second kappa shape index (κ2) is 6.71. The normalized spacial score (nSPS) is 20.5. The first kappa shape index (κ1) is 14.1. The summed E-state index contributed by atoms with van der Waals surface area (Å²) in [5, 5.41) is 0. The summed E-state index contributed by atoms with van der Waals surface area (Å²) in [6.45, 7) is 4.53. The van der Waals surface area contributed by atoms with Crippen LogP contribution in [-0.2, 0) is 4.79 Å². The highest BCUT2D eigenvalue weighted by Gasteiger charge is 2.30. The van der Waals surface area contributed by atoms with E-state index in [4.69, 9.17) is 5.73 Å². The summed E-state index contributed by atoms with van der Waals surface area (Å²) >= 11 is 0. The van der Waals surface area contributed by atoms with Crippen LogP contribution in [0.15, 0.2) is 30.3 Å². The fraction of sp³-hybridized carbons (Fsp3) is 0.562. The van der Waals surface area contributed by atoms with Crippen LogP contribution in [0.3, 0.4) is 0 Å². The number of rotatable bonds is 5. The van der Waals surface area contributed by atoms with Crippen molar-refractivity contribution in [3.05, 3.63) is 35.9 Å². The second-order valence-corrected chi connectivity index (χ2v) is 5.43. The zero-order valence-electron chi connectivity index (χ0n) is 11.7. The Morgan fingerprint density at radius 1 is 1.42 bits per heavy atom. The Balaban J connectivity index is 2.09. The average Bonchev–Trinajstić information content (AvgIpc) is 2.94. The Morgan fingerprint density at radius 3 is 2.74 bits per heavy atom. The molecule has 1 aromatic carbocycles. The molecule has 0 spiro atoms. The van der Waals surface area contributed by atoms with Gasteiger partial charge in [0.25, 0.3) is 0 Å². The van der Waals surface area contributed by atoms with E-state index >= 15 is 0 Å². The maximum Gasteiger partial charge on any atom is 0.230 e. The van der Waals surface area contributed by atoms with Crippen LogP contribution in [0, 0.1) is 5.92 Å². The van der Waals surface area contributed by atoms with E-state index in [9.17, 15) is 4.79 Å². The minimum atomic E-state index is 0.0164. The highest BCUT2D eigenvalue weighted by atomic mass is 16.2. The molecular formula is C16H24N2O. The van der Waals surface area contributed by atoms with Gasteiger partial charge in [-0.1, -0.05) is 43.7 Å². The van der Waals surface area contributed by atoms with Gasteiger partial charge in [0.2, 0.25) is 5.91 Å². The van der Waals surface area contributed by atoms with E-state index < -0.39 is 0 Å². The Morgan fingerprint density at radius 2 is 2.16 bits per heavy atom. The molecule has 104 valence electrons. The van der Waals surface area contributed by atoms with E-state index in [1.54, 1.807) is 0 Å². The van der Waals surface area contributed by atoms with Gasteiger partial charge in [-0.25, -0.2) is 0 Å². The van der Waals surface area contributed by atoms with E-state index in [0.717, 1.165) is 37.9 Å². The van der Waals surface area contributed by atoms with Crippen molar-refractivity contribution in [2.75, 3.05) is 19.6 Å².